The van der Waals surface area contributed by atoms with Crippen molar-refractivity contribution in [3.05, 3.63) is 71.8 Å². The first-order chi connectivity index (χ1) is 9.90. The second-order valence-electron chi connectivity index (χ2n) is 4.73. The normalized spacial score (nSPS) is 11.4. The Morgan fingerprint density at radius 2 is 1.60 bits per heavy atom. The van der Waals surface area contributed by atoms with Gasteiger partial charge in [-0.05, 0) is 30.5 Å². The average molecular weight is 264 g/mol. The van der Waals surface area contributed by atoms with E-state index >= 15 is 0 Å². The van der Waals surface area contributed by atoms with Crippen LogP contribution in [0.5, 0.6) is 0 Å². The van der Waals surface area contributed by atoms with E-state index in [9.17, 15) is 0 Å². The maximum atomic E-state index is 5.14. The minimum atomic E-state index is 0.270. The molecule has 0 aromatic heterocycles. The van der Waals surface area contributed by atoms with Gasteiger partial charge >= 0.3 is 0 Å². The van der Waals surface area contributed by atoms with Crippen LogP contribution in [0.25, 0.3) is 0 Å². The van der Waals surface area contributed by atoms with Crippen LogP contribution in [-0.4, -0.2) is 13.7 Å². The molecule has 102 valence electrons. The van der Waals surface area contributed by atoms with Crippen molar-refractivity contribution in [2.24, 2.45) is 0 Å². The fourth-order valence-corrected chi connectivity index (χ4v) is 2.13. The van der Waals surface area contributed by atoms with E-state index in [-0.39, 0.29) is 5.92 Å². The van der Waals surface area contributed by atoms with Crippen LogP contribution in [0.15, 0.2) is 60.7 Å². The van der Waals surface area contributed by atoms with E-state index < -0.39 is 0 Å². The SMILES string of the molecule is COCCC[C@@H](C#Cc1ccccc1)c1ccccc1. The molecular formula is C19H20O. The van der Waals surface area contributed by atoms with E-state index in [0.29, 0.717) is 0 Å². The summed E-state index contributed by atoms with van der Waals surface area (Å²) in [6, 6.07) is 20.6. The minimum Gasteiger partial charge on any atom is -0.385 e. The van der Waals surface area contributed by atoms with Gasteiger partial charge in [0.1, 0.15) is 0 Å². The molecule has 0 aliphatic carbocycles. The van der Waals surface area contributed by atoms with Crippen molar-refractivity contribution in [3.63, 3.8) is 0 Å². The smallest absolute Gasteiger partial charge is 0.0462 e. The zero-order chi connectivity index (χ0) is 14.0. The summed E-state index contributed by atoms with van der Waals surface area (Å²) < 4.78 is 5.14. The number of hydrogen-bond acceptors (Lipinski definition) is 1. The topological polar surface area (TPSA) is 9.23 Å². The molecule has 1 nitrogen and oxygen atoms in total. The molecular weight excluding hydrogens is 244 g/mol. The third-order valence-electron chi connectivity index (χ3n) is 3.21. The Morgan fingerprint density at radius 1 is 0.950 bits per heavy atom. The summed E-state index contributed by atoms with van der Waals surface area (Å²) >= 11 is 0. The molecule has 0 aliphatic rings. The van der Waals surface area contributed by atoms with Crippen LogP contribution in [0.4, 0.5) is 0 Å². The van der Waals surface area contributed by atoms with Crippen LogP contribution in [0.1, 0.15) is 29.9 Å². The van der Waals surface area contributed by atoms with Crippen LogP contribution >= 0.6 is 0 Å². The van der Waals surface area contributed by atoms with Crippen molar-refractivity contribution in [3.8, 4) is 11.8 Å². The van der Waals surface area contributed by atoms with Crippen LogP contribution in [0, 0.1) is 11.8 Å². The second kappa shape index (κ2) is 8.19. The monoisotopic (exact) mass is 264 g/mol. The van der Waals surface area contributed by atoms with Gasteiger partial charge < -0.3 is 4.74 Å². The quantitative estimate of drug-likeness (QED) is 0.579. The number of ether oxygens (including phenoxy) is 1. The Hall–Kier alpha value is -2.04. The molecule has 0 saturated heterocycles. The van der Waals surface area contributed by atoms with Gasteiger partial charge in [-0.15, -0.1) is 0 Å². The van der Waals surface area contributed by atoms with Gasteiger partial charge in [-0.25, -0.2) is 0 Å². The molecule has 1 heteroatoms. The van der Waals surface area contributed by atoms with Gasteiger partial charge in [-0.1, -0.05) is 60.4 Å². The lowest BCUT2D eigenvalue weighted by Gasteiger charge is -2.10. The number of rotatable bonds is 5. The minimum absolute atomic E-state index is 0.270. The second-order valence-corrected chi connectivity index (χ2v) is 4.73. The number of benzene rings is 2. The highest BCUT2D eigenvalue weighted by atomic mass is 16.5. The molecule has 2 aromatic rings. The molecule has 0 aliphatic heterocycles. The lowest BCUT2D eigenvalue weighted by molar-refractivity contribution is 0.192. The first-order valence-corrected chi connectivity index (χ1v) is 7.00. The maximum absolute atomic E-state index is 5.14. The highest BCUT2D eigenvalue weighted by molar-refractivity contribution is 5.37. The van der Waals surface area contributed by atoms with Crippen molar-refractivity contribution < 1.29 is 4.74 Å². The lowest BCUT2D eigenvalue weighted by Crippen LogP contribution is -1.99. The molecule has 0 N–H and O–H groups in total. The summed E-state index contributed by atoms with van der Waals surface area (Å²) in [5, 5.41) is 0. The molecule has 0 spiro atoms. The maximum Gasteiger partial charge on any atom is 0.0462 e. The molecule has 1 atom stereocenters. The van der Waals surface area contributed by atoms with Crippen LogP contribution in [0.2, 0.25) is 0 Å². The Kier molecular flexibility index (Phi) is 5.89. The largest absolute Gasteiger partial charge is 0.385 e. The van der Waals surface area contributed by atoms with Crippen LogP contribution in [-0.2, 0) is 4.74 Å². The molecule has 0 bridgehead atoms. The molecule has 0 heterocycles. The highest BCUT2D eigenvalue weighted by Crippen LogP contribution is 2.20. The molecule has 0 fully saturated rings. The summed E-state index contributed by atoms with van der Waals surface area (Å²) in [5.41, 5.74) is 2.35. The summed E-state index contributed by atoms with van der Waals surface area (Å²) in [6.45, 7) is 0.788. The lowest BCUT2D eigenvalue weighted by atomic mass is 9.94. The summed E-state index contributed by atoms with van der Waals surface area (Å²) in [5.74, 6) is 6.95. The van der Waals surface area contributed by atoms with E-state index in [1.54, 1.807) is 7.11 Å². The number of methoxy groups -OCH3 is 1. The van der Waals surface area contributed by atoms with Crippen LogP contribution in [0.3, 0.4) is 0 Å². The highest BCUT2D eigenvalue weighted by Gasteiger charge is 2.07. The van der Waals surface area contributed by atoms with Crippen molar-refractivity contribution in [2.75, 3.05) is 13.7 Å². The van der Waals surface area contributed by atoms with Gasteiger partial charge in [0, 0.05) is 25.2 Å². The molecule has 0 unspecified atom stereocenters. The van der Waals surface area contributed by atoms with E-state index in [1.807, 2.05) is 36.4 Å². The van der Waals surface area contributed by atoms with E-state index in [1.165, 1.54) is 5.56 Å². The molecule has 0 saturated carbocycles. The van der Waals surface area contributed by atoms with Gasteiger partial charge in [-0.2, -0.15) is 0 Å². The predicted molar refractivity (Wildman–Crippen MR) is 83.6 cm³/mol. The molecule has 20 heavy (non-hydrogen) atoms. The standard InChI is InChI=1S/C19H20O/c1-20-16-8-13-19(18-11-6-3-7-12-18)15-14-17-9-4-2-5-10-17/h2-7,9-12,19H,8,13,16H2,1H3/t19-/m0/s1. The van der Waals surface area contributed by atoms with Crippen molar-refractivity contribution >= 4 is 0 Å². The van der Waals surface area contributed by atoms with Gasteiger partial charge in [0.25, 0.3) is 0 Å². The Bertz CT molecular complexity index is 549. The van der Waals surface area contributed by atoms with E-state index in [2.05, 4.69) is 36.1 Å². The predicted octanol–water partition coefficient (Wildman–Crippen LogP) is 4.25. The molecule has 0 amide bonds. The van der Waals surface area contributed by atoms with Crippen molar-refractivity contribution in [1.29, 1.82) is 0 Å². The van der Waals surface area contributed by atoms with Crippen molar-refractivity contribution in [2.45, 2.75) is 18.8 Å². The third-order valence-corrected chi connectivity index (χ3v) is 3.21. The van der Waals surface area contributed by atoms with Crippen molar-refractivity contribution in [1.82, 2.24) is 0 Å². The first-order valence-electron chi connectivity index (χ1n) is 7.00. The third kappa shape index (κ3) is 4.57. The summed E-state index contributed by atoms with van der Waals surface area (Å²) in [7, 11) is 1.74. The Balaban J connectivity index is 2.13. The van der Waals surface area contributed by atoms with Gasteiger partial charge in [-0.3, -0.25) is 0 Å². The Labute approximate surface area is 121 Å². The van der Waals surface area contributed by atoms with Gasteiger partial charge in [0.15, 0.2) is 0 Å². The fraction of sp³-hybridized carbons (Fsp3) is 0.263. The van der Waals surface area contributed by atoms with E-state index in [4.69, 9.17) is 4.74 Å². The zero-order valence-corrected chi connectivity index (χ0v) is 11.9. The van der Waals surface area contributed by atoms with Gasteiger partial charge in [0.2, 0.25) is 0 Å². The Morgan fingerprint density at radius 3 is 2.25 bits per heavy atom. The van der Waals surface area contributed by atoms with Gasteiger partial charge in [0.05, 0.1) is 0 Å². The molecule has 0 radical (unpaired) electrons. The summed E-state index contributed by atoms with van der Waals surface area (Å²) in [4.78, 5) is 0. The summed E-state index contributed by atoms with van der Waals surface area (Å²) in [6.07, 6.45) is 2.05. The van der Waals surface area contributed by atoms with Crippen LogP contribution < -0.4 is 0 Å². The zero-order valence-electron chi connectivity index (χ0n) is 11.9. The fourth-order valence-electron chi connectivity index (χ4n) is 2.13. The first kappa shape index (κ1) is 14.4. The molecule has 2 aromatic carbocycles. The average Bonchev–Trinajstić information content (AvgIpc) is 2.52. The number of hydrogen-bond donors (Lipinski definition) is 0. The van der Waals surface area contributed by atoms with E-state index in [0.717, 1.165) is 25.0 Å². The molecule has 2 rings (SSSR count).